The number of aromatic nitrogens is 2. The lowest BCUT2D eigenvalue weighted by atomic mass is 10.1. The van der Waals surface area contributed by atoms with Gasteiger partial charge in [0.05, 0.1) is 27.9 Å². The van der Waals surface area contributed by atoms with Crippen molar-refractivity contribution in [3.05, 3.63) is 65.4 Å². The molecule has 3 aromatic rings. The minimum Gasteiger partial charge on any atom is -0.493 e. The Balaban J connectivity index is 1.80. The van der Waals surface area contributed by atoms with Crippen LogP contribution in [0.4, 0.5) is 11.8 Å². The normalized spacial score (nSPS) is 10.4. The minimum atomic E-state index is 0.157. The Kier molecular flexibility index (Phi) is 6.70. The Labute approximate surface area is 169 Å². The highest BCUT2D eigenvalue weighted by Gasteiger charge is 2.15. The number of nitrogens with two attached hydrogens (primary N) is 1. The number of methoxy groups -OCH3 is 3. The van der Waals surface area contributed by atoms with Crippen LogP contribution in [0.1, 0.15) is 16.7 Å². The molecule has 0 atom stereocenters. The van der Waals surface area contributed by atoms with Crippen LogP contribution in [0.25, 0.3) is 0 Å². The Bertz CT molecular complexity index is 926. The smallest absolute Gasteiger partial charge is 0.222 e. The fourth-order valence-corrected chi connectivity index (χ4v) is 2.86. The molecule has 0 fully saturated rings. The maximum Gasteiger partial charge on any atom is 0.222 e. The van der Waals surface area contributed by atoms with Crippen LogP contribution in [-0.4, -0.2) is 31.3 Å². The molecule has 0 bridgehead atoms. The van der Waals surface area contributed by atoms with Crippen LogP contribution in [0.5, 0.6) is 17.2 Å². The Morgan fingerprint density at radius 1 is 0.931 bits per heavy atom. The molecule has 0 radical (unpaired) electrons. The number of anilines is 2. The highest BCUT2D eigenvalue weighted by atomic mass is 16.6. The molecule has 8 heteroatoms. The van der Waals surface area contributed by atoms with Crippen molar-refractivity contribution in [2.45, 2.75) is 13.0 Å². The van der Waals surface area contributed by atoms with Crippen molar-refractivity contribution in [3.63, 3.8) is 0 Å². The molecule has 0 aliphatic heterocycles. The van der Waals surface area contributed by atoms with E-state index in [0.717, 1.165) is 16.7 Å². The lowest BCUT2D eigenvalue weighted by Crippen LogP contribution is -2.09. The van der Waals surface area contributed by atoms with Gasteiger partial charge in [-0.1, -0.05) is 30.3 Å². The third-order valence-corrected chi connectivity index (χ3v) is 4.25. The summed E-state index contributed by atoms with van der Waals surface area (Å²) in [7, 11) is 4.73. The highest BCUT2D eigenvalue weighted by Crippen LogP contribution is 2.39. The second-order valence-electron chi connectivity index (χ2n) is 6.19. The van der Waals surface area contributed by atoms with Gasteiger partial charge in [0.2, 0.25) is 11.7 Å². The van der Waals surface area contributed by atoms with Crippen molar-refractivity contribution in [3.8, 4) is 17.2 Å². The Morgan fingerprint density at radius 3 is 2.24 bits per heavy atom. The molecule has 0 amide bonds. The average Bonchev–Trinajstić information content (AvgIpc) is 2.75. The second-order valence-corrected chi connectivity index (χ2v) is 6.19. The van der Waals surface area contributed by atoms with Gasteiger partial charge in [0.25, 0.3) is 0 Å². The quantitative estimate of drug-likeness (QED) is 0.532. The fraction of sp³-hybridized carbons (Fsp3) is 0.238. The van der Waals surface area contributed by atoms with Crippen LogP contribution in [-0.2, 0) is 17.9 Å². The first-order valence-electron chi connectivity index (χ1n) is 8.96. The Hall–Kier alpha value is -3.52. The van der Waals surface area contributed by atoms with Gasteiger partial charge >= 0.3 is 0 Å². The van der Waals surface area contributed by atoms with Crippen LogP contribution in [0, 0.1) is 0 Å². The zero-order valence-electron chi connectivity index (χ0n) is 16.6. The van der Waals surface area contributed by atoms with Crippen LogP contribution < -0.4 is 25.4 Å². The third-order valence-electron chi connectivity index (χ3n) is 4.25. The van der Waals surface area contributed by atoms with E-state index < -0.39 is 0 Å². The van der Waals surface area contributed by atoms with E-state index in [-0.39, 0.29) is 5.95 Å². The topological polar surface area (TPSA) is 101 Å². The first-order valence-corrected chi connectivity index (χ1v) is 8.96. The SMILES string of the molecule is COc1cc(Cc2cnc(N)nc2NOCc2ccccc2)cc(OC)c1OC. The van der Waals surface area contributed by atoms with E-state index in [9.17, 15) is 0 Å². The molecule has 0 spiro atoms. The van der Waals surface area contributed by atoms with Crippen molar-refractivity contribution in [2.24, 2.45) is 0 Å². The van der Waals surface area contributed by atoms with Gasteiger partial charge in [-0.15, -0.1) is 0 Å². The zero-order chi connectivity index (χ0) is 20.6. The summed E-state index contributed by atoms with van der Waals surface area (Å²) in [5.41, 5.74) is 11.4. The molecule has 3 N–H and O–H groups in total. The summed E-state index contributed by atoms with van der Waals surface area (Å²) >= 11 is 0. The third kappa shape index (κ3) is 5.05. The lowest BCUT2D eigenvalue weighted by Gasteiger charge is -2.15. The number of hydrogen-bond donors (Lipinski definition) is 2. The fourth-order valence-electron chi connectivity index (χ4n) is 2.86. The molecule has 29 heavy (non-hydrogen) atoms. The molecule has 152 valence electrons. The van der Waals surface area contributed by atoms with Crippen molar-refractivity contribution < 1.29 is 19.0 Å². The molecular weight excluding hydrogens is 372 g/mol. The number of ether oxygens (including phenoxy) is 3. The van der Waals surface area contributed by atoms with Gasteiger partial charge in [0, 0.05) is 18.2 Å². The predicted molar refractivity (Wildman–Crippen MR) is 110 cm³/mol. The van der Waals surface area contributed by atoms with Crippen LogP contribution >= 0.6 is 0 Å². The molecule has 1 heterocycles. The molecule has 3 rings (SSSR count). The molecule has 1 aromatic heterocycles. The molecule has 0 saturated carbocycles. The number of rotatable bonds is 9. The summed E-state index contributed by atoms with van der Waals surface area (Å²) in [4.78, 5) is 14.0. The van der Waals surface area contributed by atoms with E-state index >= 15 is 0 Å². The number of hydrogen-bond acceptors (Lipinski definition) is 8. The van der Waals surface area contributed by atoms with Crippen molar-refractivity contribution in [1.29, 1.82) is 0 Å². The molecule has 0 saturated heterocycles. The molecule has 0 aliphatic carbocycles. The number of nitrogens with one attached hydrogen (secondary N) is 1. The predicted octanol–water partition coefficient (Wildman–Crippen LogP) is 3.22. The number of nitrogens with zero attached hydrogens (tertiary/aromatic N) is 2. The Morgan fingerprint density at radius 2 is 1.62 bits per heavy atom. The monoisotopic (exact) mass is 396 g/mol. The second kappa shape index (κ2) is 9.61. The summed E-state index contributed by atoms with van der Waals surface area (Å²) in [6, 6.07) is 13.6. The molecule has 2 aromatic carbocycles. The minimum absolute atomic E-state index is 0.157. The summed E-state index contributed by atoms with van der Waals surface area (Å²) < 4.78 is 16.2. The van der Waals surface area contributed by atoms with Crippen molar-refractivity contribution >= 4 is 11.8 Å². The summed E-state index contributed by atoms with van der Waals surface area (Å²) in [6.45, 7) is 0.383. The van der Waals surface area contributed by atoms with E-state index in [4.69, 9.17) is 24.8 Å². The van der Waals surface area contributed by atoms with Gasteiger partial charge in [-0.3, -0.25) is 4.84 Å². The summed E-state index contributed by atoms with van der Waals surface area (Å²) in [5, 5.41) is 0. The van der Waals surface area contributed by atoms with Gasteiger partial charge in [-0.25, -0.2) is 10.5 Å². The standard InChI is InChI=1S/C21H24N4O4/c1-26-17-10-15(11-18(27-2)19(17)28-3)9-16-12-23-21(22)24-20(16)25-29-13-14-7-5-4-6-8-14/h4-8,10-12H,9,13H2,1-3H3,(H3,22,23,24,25). The van der Waals surface area contributed by atoms with Crippen LogP contribution in [0.3, 0.4) is 0 Å². The maximum absolute atomic E-state index is 5.76. The van der Waals surface area contributed by atoms with Gasteiger partial charge in [-0.2, -0.15) is 4.98 Å². The maximum atomic E-state index is 5.76. The van der Waals surface area contributed by atoms with Gasteiger partial charge < -0.3 is 19.9 Å². The number of nitrogen functional groups attached to an aromatic ring is 1. The van der Waals surface area contributed by atoms with E-state index in [0.29, 0.717) is 36.1 Å². The van der Waals surface area contributed by atoms with E-state index in [2.05, 4.69) is 15.4 Å². The van der Waals surface area contributed by atoms with Crippen molar-refractivity contribution in [1.82, 2.24) is 9.97 Å². The molecule has 0 unspecified atom stereocenters. The van der Waals surface area contributed by atoms with Gasteiger partial charge in [0.1, 0.15) is 0 Å². The first-order chi connectivity index (χ1) is 14.1. The van der Waals surface area contributed by atoms with Crippen LogP contribution in [0.15, 0.2) is 48.7 Å². The van der Waals surface area contributed by atoms with E-state index in [1.54, 1.807) is 27.5 Å². The molecule has 0 aliphatic rings. The lowest BCUT2D eigenvalue weighted by molar-refractivity contribution is 0.178. The first kappa shape index (κ1) is 20.2. The average molecular weight is 396 g/mol. The molecular formula is C21H24N4O4. The van der Waals surface area contributed by atoms with Crippen molar-refractivity contribution in [2.75, 3.05) is 32.5 Å². The summed E-state index contributed by atoms with van der Waals surface area (Å²) in [5.74, 6) is 2.35. The molecule has 8 nitrogen and oxygen atoms in total. The van der Waals surface area contributed by atoms with Crippen LogP contribution in [0.2, 0.25) is 0 Å². The summed E-state index contributed by atoms with van der Waals surface area (Å²) in [6.07, 6.45) is 2.17. The van der Waals surface area contributed by atoms with E-state index in [1.807, 2.05) is 42.5 Å². The van der Waals surface area contributed by atoms with E-state index in [1.165, 1.54) is 0 Å². The highest BCUT2D eigenvalue weighted by molar-refractivity contribution is 5.55. The number of benzene rings is 2. The zero-order valence-corrected chi connectivity index (χ0v) is 16.6. The largest absolute Gasteiger partial charge is 0.493 e. The van der Waals surface area contributed by atoms with Gasteiger partial charge in [-0.05, 0) is 23.3 Å². The van der Waals surface area contributed by atoms with Gasteiger partial charge in [0.15, 0.2) is 17.3 Å².